The third kappa shape index (κ3) is 3.51. The van der Waals surface area contributed by atoms with Gasteiger partial charge in [0.15, 0.2) is 0 Å². The predicted octanol–water partition coefficient (Wildman–Crippen LogP) is 4.53. The van der Waals surface area contributed by atoms with Crippen molar-refractivity contribution in [2.45, 2.75) is 39.0 Å². The Labute approximate surface area is 133 Å². The van der Waals surface area contributed by atoms with E-state index in [1.54, 1.807) is 0 Å². The summed E-state index contributed by atoms with van der Waals surface area (Å²) in [4.78, 5) is 4.37. The summed E-state index contributed by atoms with van der Waals surface area (Å²) < 4.78 is 9.04. The third-order valence-electron chi connectivity index (χ3n) is 3.35. The summed E-state index contributed by atoms with van der Waals surface area (Å²) in [6, 6.07) is 3.95. The SMILES string of the molecule is CC(OCn1cnc2cc(Cl)c(I)cc21)[Si](C)(C)C. The maximum atomic E-state index is 6.10. The summed E-state index contributed by atoms with van der Waals surface area (Å²) in [5, 5.41) is 0.745. The summed E-state index contributed by atoms with van der Waals surface area (Å²) >= 11 is 8.34. The highest BCUT2D eigenvalue weighted by atomic mass is 127. The molecule has 3 nitrogen and oxygen atoms in total. The zero-order valence-corrected chi connectivity index (χ0v) is 15.5. The minimum Gasteiger partial charge on any atom is -0.361 e. The summed E-state index contributed by atoms with van der Waals surface area (Å²) in [5.41, 5.74) is 2.29. The average molecular weight is 409 g/mol. The quantitative estimate of drug-likeness (QED) is 0.549. The molecule has 0 bridgehead atoms. The first kappa shape index (κ1) is 15.3. The van der Waals surface area contributed by atoms with E-state index in [9.17, 15) is 0 Å². The van der Waals surface area contributed by atoms with Crippen LogP contribution in [0.3, 0.4) is 0 Å². The molecule has 0 N–H and O–H groups in total. The van der Waals surface area contributed by atoms with Crippen LogP contribution < -0.4 is 0 Å². The largest absolute Gasteiger partial charge is 0.361 e. The molecule has 2 aromatic rings. The topological polar surface area (TPSA) is 27.1 Å². The van der Waals surface area contributed by atoms with Crippen molar-refractivity contribution >= 4 is 53.3 Å². The maximum absolute atomic E-state index is 6.10. The molecule has 6 heteroatoms. The number of rotatable bonds is 4. The second-order valence-corrected chi connectivity index (χ2v) is 12.9. The van der Waals surface area contributed by atoms with E-state index in [1.165, 1.54) is 0 Å². The molecule has 19 heavy (non-hydrogen) atoms. The van der Waals surface area contributed by atoms with Crippen LogP contribution >= 0.6 is 34.2 Å². The van der Waals surface area contributed by atoms with Crippen molar-refractivity contribution in [2.75, 3.05) is 0 Å². The molecule has 104 valence electrons. The van der Waals surface area contributed by atoms with Crippen LogP contribution in [0.2, 0.25) is 24.7 Å². The van der Waals surface area contributed by atoms with Gasteiger partial charge in [0.1, 0.15) is 6.73 Å². The Balaban J connectivity index is 2.20. The average Bonchev–Trinajstić information content (AvgIpc) is 2.68. The second kappa shape index (κ2) is 5.71. The number of ether oxygens (including phenoxy) is 1. The van der Waals surface area contributed by atoms with E-state index < -0.39 is 8.07 Å². The number of hydrogen-bond acceptors (Lipinski definition) is 2. The number of benzene rings is 1. The molecule has 0 amide bonds. The molecule has 0 aliphatic rings. The molecule has 1 heterocycles. The lowest BCUT2D eigenvalue weighted by atomic mass is 10.3. The van der Waals surface area contributed by atoms with Gasteiger partial charge < -0.3 is 9.30 Å². The highest BCUT2D eigenvalue weighted by Gasteiger charge is 2.23. The fourth-order valence-electron chi connectivity index (χ4n) is 1.60. The monoisotopic (exact) mass is 408 g/mol. The van der Waals surface area contributed by atoms with Crippen LogP contribution in [0.25, 0.3) is 11.0 Å². The predicted molar refractivity (Wildman–Crippen MR) is 91.4 cm³/mol. The van der Waals surface area contributed by atoms with E-state index in [0.717, 1.165) is 19.6 Å². The van der Waals surface area contributed by atoms with Gasteiger partial charge in [0.25, 0.3) is 0 Å². The normalized spacial score (nSPS) is 14.0. The molecular weight excluding hydrogens is 391 g/mol. The number of nitrogens with zero attached hydrogens (tertiary/aromatic N) is 2. The van der Waals surface area contributed by atoms with Crippen LogP contribution in [0.4, 0.5) is 0 Å². The van der Waals surface area contributed by atoms with Gasteiger partial charge in [-0.1, -0.05) is 31.2 Å². The van der Waals surface area contributed by atoms with E-state index in [-0.39, 0.29) is 0 Å². The molecule has 1 atom stereocenters. The number of halogens is 2. The Kier molecular flexibility index (Phi) is 4.59. The van der Waals surface area contributed by atoms with Gasteiger partial charge in [-0.25, -0.2) is 4.98 Å². The Morgan fingerprint density at radius 2 is 2.11 bits per heavy atom. The third-order valence-corrected chi connectivity index (χ3v) is 7.48. The van der Waals surface area contributed by atoms with E-state index in [2.05, 4.69) is 54.1 Å². The van der Waals surface area contributed by atoms with Gasteiger partial charge in [0.05, 0.1) is 30.5 Å². The molecule has 0 saturated carbocycles. The van der Waals surface area contributed by atoms with Crippen molar-refractivity contribution in [1.29, 1.82) is 0 Å². The molecule has 2 rings (SSSR count). The lowest BCUT2D eigenvalue weighted by molar-refractivity contribution is 0.0589. The van der Waals surface area contributed by atoms with Gasteiger partial charge in [-0.15, -0.1) is 0 Å². The zero-order chi connectivity index (χ0) is 14.2. The Bertz CT molecular complexity index is 594. The van der Waals surface area contributed by atoms with E-state index in [4.69, 9.17) is 16.3 Å². The number of imidazole rings is 1. The maximum Gasteiger partial charge on any atom is 0.124 e. The molecule has 0 spiro atoms. The first-order chi connectivity index (χ1) is 8.79. The highest BCUT2D eigenvalue weighted by Crippen LogP contribution is 2.25. The molecule has 1 aromatic heterocycles. The summed E-state index contributed by atoms with van der Waals surface area (Å²) in [7, 11) is -1.26. The first-order valence-corrected chi connectivity index (χ1v) is 11.2. The van der Waals surface area contributed by atoms with E-state index >= 15 is 0 Å². The van der Waals surface area contributed by atoms with Gasteiger partial charge in [-0.05, 0) is 41.6 Å². The Morgan fingerprint density at radius 3 is 2.74 bits per heavy atom. The minimum absolute atomic E-state index is 0.316. The van der Waals surface area contributed by atoms with Crippen LogP contribution in [-0.2, 0) is 11.5 Å². The van der Waals surface area contributed by atoms with Gasteiger partial charge in [-0.3, -0.25) is 0 Å². The first-order valence-electron chi connectivity index (χ1n) is 6.20. The van der Waals surface area contributed by atoms with Crippen molar-refractivity contribution in [2.24, 2.45) is 0 Å². The van der Waals surface area contributed by atoms with Crippen molar-refractivity contribution < 1.29 is 4.74 Å². The van der Waals surface area contributed by atoms with Crippen molar-refractivity contribution in [3.05, 3.63) is 27.1 Å². The summed E-state index contributed by atoms with van der Waals surface area (Å²) in [6.45, 7) is 9.64. The standard InChI is InChI=1S/C13H18ClIN2OSi/c1-9(19(2,3)4)18-8-17-7-16-12-5-10(14)11(15)6-13(12)17/h5-7,9H,8H2,1-4H3. The molecule has 1 aromatic carbocycles. The smallest absolute Gasteiger partial charge is 0.124 e. The van der Waals surface area contributed by atoms with Crippen LogP contribution in [0.1, 0.15) is 6.92 Å². The van der Waals surface area contributed by atoms with Crippen LogP contribution in [0.5, 0.6) is 0 Å². The summed E-state index contributed by atoms with van der Waals surface area (Å²) in [5.74, 6) is 0. The Morgan fingerprint density at radius 1 is 1.42 bits per heavy atom. The van der Waals surface area contributed by atoms with Gasteiger partial charge in [0.2, 0.25) is 0 Å². The summed E-state index contributed by atoms with van der Waals surface area (Å²) in [6.07, 6.45) is 1.81. The van der Waals surface area contributed by atoms with Crippen molar-refractivity contribution in [3.8, 4) is 0 Å². The minimum atomic E-state index is -1.26. The molecule has 0 aliphatic heterocycles. The van der Waals surface area contributed by atoms with Gasteiger partial charge in [0, 0.05) is 9.30 Å². The van der Waals surface area contributed by atoms with Crippen LogP contribution in [-0.4, -0.2) is 23.4 Å². The molecular formula is C13H18ClIN2OSi. The number of fused-ring (bicyclic) bond motifs is 1. The molecule has 0 saturated heterocycles. The van der Waals surface area contributed by atoms with Crippen LogP contribution in [0.15, 0.2) is 18.5 Å². The van der Waals surface area contributed by atoms with Crippen LogP contribution in [0, 0.1) is 3.57 Å². The van der Waals surface area contributed by atoms with Gasteiger partial charge >= 0.3 is 0 Å². The molecule has 0 radical (unpaired) electrons. The van der Waals surface area contributed by atoms with Gasteiger partial charge in [-0.2, -0.15) is 0 Å². The van der Waals surface area contributed by atoms with Crippen molar-refractivity contribution in [1.82, 2.24) is 9.55 Å². The molecule has 1 unspecified atom stereocenters. The fraction of sp³-hybridized carbons (Fsp3) is 0.462. The molecule has 0 fully saturated rings. The fourth-order valence-corrected chi connectivity index (χ4v) is 2.78. The van der Waals surface area contributed by atoms with E-state index in [1.807, 2.05) is 23.0 Å². The highest BCUT2D eigenvalue weighted by molar-refractivity contribution is 14.1. The van der Waals surface area contributed by atoms with Crippen molar-refractivity contribution in [3.63, 3.8) is 0 Å². The lowest BCUT2D eigenvalue weighted by Gasteiger charge is -2.25. The zero-order valence-electron chi connectivity index (χ0n) is 11.6. The van der Waals surface area contributed by atoms with E-state index in [0.29, 0.717) is 12.5 Å². The second-order valence-electron chi connectivity index (χ2n) is 5.77. The number of aromatic nitrogens is 2. The molecule has 0 aliphatic carbocycles. The Hall–Kier alpha value is -0.113. The number of hydrogen-bond donors (Lipinski definition) is 0. The lowest BCUT2D eigenvalue weighted by Crippen LogP contribution is -2.38.